The van der Waals surface area contributed by atoms with Gasteiger partial charge >= 0.3 is 11.9 Å². The van der Waals surface area contributed by atoms with Gasteiger partial charge in [-0.25, -0.2) is 4.79 Å². The number of carboxylic acid groups (broad SMARTS) is 2. The monoisotopic (exact) mass is 644 g/mol. The van der Waals surface area contributed by atoms with Crippen LogP contribution in [-0.4, -0.2) is 57.3 Å². The Morgan fingerprint density at radius 1 is 0.891 bits per heavy atom. The average Bonchev–Trinajstić information content (AvgIpc) is 2.98. The number of aliphatic carboxylic acids is 2. The van der Waals surface area contributed by atoms with Gasteiger partial charge < -0.3 is 31.1 Å². The highest BCUT2D eigenvalue weighted by Gasteiger charge is 2.47. The molecule has 0 fully saturated rings. The molecule has 0 spiro atoms. The third-order valence-electron chi connectivity index (χ3n) is 7.92. The van der Waals surface area contributed by atoms with Crippen LogP contribution in [0, 0.1) is 5.92 Å². The molecule has 0 unspecified atom stereocenters. The zero-order valence-electron chi connectivity index (χ0n) is 28.0. The predicted molar refractivity (Wildman–Crippen MR) is 179 cm³/mol. The summed E-state index contributed by atoms with van der Waals surface area (Å²) in [7, 11) is 0. The smallest absolute Gasteiger partial charge is 0.326 e. The van der Waals surface area contributed by atoms with E-state index in [0.717, 1.165) is 31.3 Å². The van der Waals surface area contributed by atoms with E-state index in [1.54, 1.807) is 30.3 Å². The number of amides is 2. The van der Waals surface area contributed by atoms with Gasteiger partial charge in [0.25, 0.3) is 5.91 Å². The Labute approximate surface area is 274 Å². The fourth-order valence-electron chi connectivity index (χ4n) is 5.10. The van der Waals surface area contributed by atoms with Crippen LogP contribution in [0.5, 0.6) is 5.75 Å². The second-order valence-electron chi connectivity index (χ2n) is 12.3. The molecule has 6 N–H and O–H groups in total. The summed E-state index contributed by atoms with van der Waals surface area (Å²) in [5.74, 6) is -6.38. The van der Waals surface area contributed by atoms with E-state index < -0.39 is 47.7 Å². The number of ether oxygens (including phenoxy) is 1. The van der Waals surface area contributed by atoms with E-state index in [9.17, 15) is 34.5 Å². The fraction of sp³-hybridized carbons (Fsp3) is 0.611. The molecule has 1 aromatic carbocycles. The quantitative estimate of drug-likeness (QED) is 0.0594. The second kappa shape index (κ2) is 22.8. The maximum Gasteiger partial charge on any atom is 0.326 e. The van der Waals surface area contributed by atoms with E-state index in [-0.39, 0.29) is 6.42 Å². The minimum absolute atomic E-state index is 0.0987. The molecule has 3 atom stereocenters. The zero-order chi connectivity index (χ0) is 34.4. The molecule has 10 heteroatoms. The Balaban J connectivity index is 2.81. The van der Waals surface area contributed by atoms with Gasteiger partial charge in [-0.2, -0.15) is 0 Å². The number of carbonyl (C=O) groups excluding carboxylic acids is 2. The molecule has 0 saturated heterocycles. The van der Waals surface area contributed by atoms with Crippen molar-refractivity contribution in [1.29, 1.82) is 0 Å². The topological polar surface area (TPSA) is 176 Å². The summed E-state index contributed by atoms with van der Waals surface area (Å²) < 4.78 is 5.62. The normalized spacial score (nSPS) is 13.8. The van der Waals surface area contributed by atoms with Crippen LogP contribution in [0.25, 0.3) is 0 Å². The third kappa shape index (κ3) is 16.6. The molecular weight excluding hydrogens is 588 g/mol. The first-order valence-electron chi connectivity index (χ1n) is 16.7. The van der Waals surface area contributed by atoms with Crippen LogP contribution in [0.15, 0.2) is 48.1 Å². The Morgan fingerprint density at radius 2 is 1.43 bits per heavy atom. The number of nitrogens with one attached hydrogen (secondary N) is 1. The highest BCUT2D eigenvalue weighted by atomic mass is 16.5. The van der Waals surface area contributed by atoms with Crippen molar-refractivity contribution >= 4 is 23.8 Å². The van der Waals surface area contributed by atoms with Crippen LogP contribution in [0.2, 0.25) is 0 Å². The summed E-state index contributed by atoms with van der Waals surface area (Å²) >= 11 is 0. The number of primary amides is 1. The summed E-state index contributed by atoms with van der Waals surface area (Å²) in [5, 5.41) is 32.6. The summed E-state index contributed by atoms with van der Waals surface area (Å²) in [6.07, 6.45) is 18.3. The second-order valence-corrected chi connectivity index (χ2v) is 12.3. The number of allylic oxidation sites excluding steroid dienone is 2. The van der Waals surface area contributed by atoms with Crippen molar-refractivity contribution in [2.45, 2.75) is 129 Å². The van der Waals surface area contributed by atoms with Crippen molar-refractivity contribution in [2.24, 2.45) is 11.7 Å². The SMILES string of the molecule is CCCCCCCCCCCCCC/C=C/[C@H](C(=O)N[C@@H](Cc1ccc(OCC=C(C)C)cc1)C(=O)O)[C@@](O)(CC(=O)O)C(N)=O. The van der Waals surface area contributed by atoms with Crippen molar-refractivity contribution in [3.63, 3.8) is 0 Å². The first-order valence-corrected chi connectivity index (χ1v) is 16.7. The van der Waals surface area contributed by atoms with Gasteiger partial charge in [0.15, 0.2) is 5.60 Å². The van der Waals surface area contributed by atoms with Gasteiger partial charge in [-0.05, 0) is 50.5 Å². The summed E-state index contributed by atoms with van der Waals surface area (Å²) in [6.45, 7) is 6.52. The highest BCUT2D eigenvalue weighted by Crippen LogP contribution is 2.25. The molecule has 0 bridgehead atoms. The van der Waals surface area contributed by atoms with Crippen LogP contribution < -0.4 is 15.8 Å². The van der Waals surface area contributed by atoms with Crippen LogP contribution in [0.1, 0.15) is 116 Å². The maximum atomic E-state index is 13.4. The largest absolute Gasteiger partial charge is 0.490 e. The average molecular weight is 645 g/mol. The van der Waals surface area contributed by atoms with Crippen LogP contribution >= 0.6 is 0 Å². The Hall–Kier alpha value is -3.66. The van der Waals surface area contributed by atoms with Crippen LogP contribution in [-0.2, 0) is 25.6 Å². The van der Waals surface area contributed by atoms with E-state index in [4.69, 9.17) is 10.5 Å². The number of carboxylic acids is 2. The van der Waals surface area contributed by atoms with Crippen molar-refractivity contribution in [1.82, 2.24) is 5.32 Å². The molecule has 258 valence electrons. The highest BCUT2D eigenvalue weighted by molar-refractivity contribution is 5.96. The lowest BCUT2D eigenvalue weighted by Gasteiger charge is -2.30. The lowest BCUT2D eigenvalue weighted by Crippen LogP contribution is -2.57. The number of rotatable bonds is 26. The van der Waals surface area contributed by atoms with Crippen molar-refractivity contribution in [3.8, 4) is 5.75 Å². The molecule has 0 radical (unpaired) electrons. The third-order valence-corrected chi connectivity index (χ3v) is 7.92. The standard InChI is InChI=1S/C36H56N2O8/c1-4-5-6-7-8-9-10-11-12-13-14-15-16-17-18-30(36(45,35(37)44)26-32(39)40)33(41)38-31(34(42)43)25-28-19-21-29(22-20-28)46-24-23-27(2)3/h17-23,30-31,45H,4-16,24-26H2,1-3H3,(H2,37,44)(H,38,41)(H,39,40)(H,42,43)/b18-17+/t30-,31+,36+/m1/s1. The number of nitrogens with two attached hydrogens (primary N) is 1. The lowest BCUT2D eigenvalue weighted by molar-refractivity contribution is -0.158. The van der Waals surface area contributed by atoms with Crippen molar-refractivity contribution in [3.05, 3.63) is 53.6 Å². The van der Waals surface area contributed by atoms with E-state index in [1.807, 2.05) is 19.9 Å². The number of unbranched alkanes of at least 4 members (excludes halogenated alkanes) is 12. The molecule has 10 nitrogen and oxygen atoms in total. The summed E-state index contributed by atoms with van der Waals surface area (Å²) in [4.78, 5) is 49.2. The Kier molecular flexibility index (Phi) is 20.0. The van der Waals surface area contributed by atoms with Crippen LogP contribution in [0.4, 0.5) is 0 Å². The molecular formula is C36H56N2O8. The minimum atomic E-state index is -2.75. The molecule has 46 heavy (non-hydrogen) atoms. The molecule has 0 saturated carbocycles. The molecule has 0 aromatic heterocycles. The minimum Gasteiger partial charge on any atom is -0.490 e. The van der Waals surface area contributed by atoms with Crippen LogP contribution in [0.3, 0.4) is 0 Å². The summed E-state index contributed by atoms with van der Waals surface area (Å²) in [5.41, 5.74) is 4.34. The van der Waals surface area contributed by atoms with Gasteiger partial charge in [0, 0.05) is 6.42 Å². The fourth-order valence-corrected chi connectivity index (χ4v) is 5.10. The molecule has 0 aliphatic heterocycles. The Morgan fingerprint density at radius 3 is 1.91 bits per heavy atom. The van der Waals surface area contributed by atoms with Gasteiger partial charge in [0.1, 0.15) is 18.4 Å². The number of aliphatic hydroxyl groups is 1. The van der Waals surface area contributed by atoms with Gasteiger partial charge in [0.05, 0.1) is 12.3 Å². The van der Waals surface area contributed by atoms with Gasteiger partial charge in [0.2, 0.25) is 5.91 Å². The Bertz CT molecular complexity index is 1130. The van der Waals surface area contributed by atoms with Gasteiger partial charge in [-0.3, -0.25) is 14.4 Å². The molecule has 2 amide bonds. The number of hydrogen-bond donors (Lipinski definition) is 5. The molecule has 1 rings (SSSR count). The zero-order valence-corrected chi connectivity index (χ0v) is 28.0. The van der Waals surface area contributed by atoms with Crippen molar-refractivity contribution in [2.75, 3.05) is 6.61 Å². The molecule has 1 aromatic rings. The molecule has 0 aliphatic rings. The van der Waals surface area contributed by atoms with E-state index in [1.165, 1.54) is 57.4 Å². The molecule has 0 aliphatic carbocycles. The lowest BCUT2D eigenvalue weighted by atomic mass is 9.82. The first kappa shape index (κ1) is 40.4. The number of carbonyl (C=O) groups is 4. The number of hydrogen-bond acceptors (Lipinski definition) is 6. The first-order chi connectivity index (χ1) is 21.9. The number of benzene rings is 1. The van der Waals surface area contributed by atoms with E-state index in [2.05, 4.69) is 12.2 Å². The summed E-state index contributed by atoms with van der Waals surface area (Å²) in [6, 6.07) is 5.31. The van der Waals surface area contributed by atoms with Gasteiger partial charge in [-0.1, -0.05) is 107 Å². The predicted octanol–water partition coefficient (Wildman–Crippen LogP) is 6.10. The molecule has 0 heterocycles. The maximum absolute atomic E-state index is 13.4. The van der Waals surface area contributed by atoms with Gasteiger partial charge in [-0.15, -0.1) is 0 Å². The van der Waals surface area contributed by atoms with E-state index in [0.29, 0.717) is 24.3 Å². The van der Waals surface area contributed by atoms with E-state index >= 15 is 0 Å². The van der Waals surface area contributed by atoms with Crippen molar-refractivity contribution < 1.29 is 39.2 Å².